The van der Waals surface area contributed by atoms with Crippen LogP contribution in [0, 0.1) is 5.92 Å². The standard InChI is InChI=1S/C22H21N3O2/c26-21(24-13-12-15-6-1-3-10-19(15)24)14-25-20-11-4-2-8-18(20)23-17-9-5-7-16(17)22(25)27/h1-4,6,8,10-11,16H,5,7,9,12-14H2. The highest BCUT2D eigenvalue weighted by atomic mass is 16.2. The van der Waals surface area contributed by atoms with Gasteiger partial charge in [-0.1, -0.05) is 30.3 Å². The maximum Gasteiger partial charge on any atom is 0.247 e. The van der Waals surface area contributed by atoms with Gasteiger partial charge in [0, 0.05) is 17.9 Å². The molecule has 0 saturated heterocycles. The van der Waals surface area contributed by atoms with E-state index >= 15 is 0 Å². The average molecular weight is 359 g/mol. The number of hydrogen-bond acceptors (Lipinski definition) is 3. The molecule has 2 aromatic rings. The highest BCUT2D eigenvalue weighted by Crippen LogP contribution is 2.38. The van der Waals surface area contributed by atoms with E-state index in [1.165, 1.54) is 5.56 Å². The molecular formula is C22H21N3O2. The van der Waals surface area contributed by atoms with Crippen LogP contribution in [0.15, 0.2) is 53.5 Å². The molecule has 2 aromatic carbocycles. The fraction of sp³-hybridized carbons (Fsp3) is 0.318. The second kappa shape index (κ2) is 6.34. The highest BCUT2D eigenvalue weighted by molar-refractivity contribution is 6.17. The SMILES string of the molecule is O=C(CN1C(=O)C2CCCC2=Nc2ccccc21)N1CCc2ccccc21. The second-order valence-electron chi connectivity index (χ2n) is 7.39. The first-order valence-corrected chi connectivity index (χ1v) is 9.58. The van der Waals surface area contributed by atoms with Crippen LogP contribution in [0.1, 0.15) is 24.8 Å². The zero-order valence-electron chi connectivity index (χ0n) is 15.1. The molecular weight excluding hydrogens is 338 g/mol. The van der Waals surface area contributed by atoms with Crippen molar-refractivity contribution in [2.24, 2.45) is 10.9 Å². The normalized spacial score (nSPS) is 20.7. The van der Waals surface area contributed by atoms with Crippen LogP contribution in [0.25, 0.3) is 0 Å². The van der Waals surface area contributed by atoms with Crippen molar-refractivity contribution in [2.45, 2.75) is 25.7 Å². The zero-order chi connectivity index (χ0) is 18.4. The van der Waals surface area contributed by atoms with Crippen molar-refractivity contribution < 1.29 is 9.59 Å². The van der Waals surface area contributed by atoms with Crippen LogP contribution in [0.2, 0.25) is 0 Å². The summed E-state index contributed by atoms with van der Waals surface area (Å²) in [5.74, 6) is -0.211. The molecule has 5 rings (SSSR count). The van der Waals surface area contributed by atoms with E-state index in [0.29, 0.717) is 6.54 Å². The van der Waals surface area contributed by atoms with Crippen LogP contribution < -0.4 is 9.80 Å². The van der Waals surface area contributed by atoms with Gasteiger partial charge in [0.1, 0.15) is 6.54 Å². The number of fused-ring (bicyclic) bond motifs is 3. The number of anilines is 2. The Morgan fingerprint density at radius 2 is 1.81 bits per heavy atom. The van der Waals surface area contributed by atoms with E-state index in [0.717, 1.165) is 48.5 Å². The van der Waals surface area contributed by atoms with E-state index in [9.17, 15) is 9.59 Å². The summed E-state index contributed by atoms with van der Waals surface area (Å²) < 4.78 is 0. The molecule has 0 bridgehead atoms. The molecule has 0 spiro atoms. The van der Waals surface area contributed by atoms with Gasteiger partial charge in [-0.2, -0.15) is 0 Å². The molecule has 1 fully saturated rings. The Labute approximate surface area is 158 Å². The molecule has 1 atom stereocenters. The van der Waals surface area contributed by atoms with Crippen molar-refractivity contribution in [2.75, 3.05) is 22.9 Å². The molecule has 5 heteroatoms. The van der Waals surface area contributed by atoms with Gasteiger partial charge in [0.15, 0.2) is 0 Å². The van der Waals surface area contributed by atoms with E-state index < -0.39 is 0 Å². The first-order chi connectivity index (χ1) is 13.2. The third kappa shape index (κ3) is 2.65. The fourth-order valence-electron chi connectivity index (χ4n) is 4.46. The summed E-state index contributed by atoms with van der Waals surface area (Å²) in [6.45, 7) is 0.733. The van der Waals surface area contributed by atoms with Crippen molar-refractivity contribution in [3.63, 3.8) is 0 Å². The molecule has 5 nitrogen and oxygen atoms in total. The minimum absolute atomic E-state index is 0.0111. The molecule has 3 aliphatic rings. The summed E-state index contributed by atoms with van der Waals surface area (Å²) in [7, 11) is 0. The van der Waals surface area contributed by atoms with Crippen LogP contribution in [-0.2, 0) is 16.0 Å². The molecule has 2 aliphatic heterocycles. The lowest BCUT2D eigenvalue weighted by Gasteiger charge is -2.27. The van der Waals surface area contributed by atoms with Crippen LogP contribution in [0.4, 0.5) is 17.1 Å². The molecule has 1 unspecified atom stereocenters. The number of hydrogen-bond donors (Lipinski definition) is 0. The summed E-state index contributed by atoms with van der Waals surface area (Å²) in [4.78, 5) is 34.6. The van der Waals surface area contributed by atoms with Gasteiger partial charge in [0.05, 0.1) is 17.3 Å². The second-order valence-corrected chi connectivity index (χ2v) is 7.39. The van der Waals surface area contributed by atoms with Gasteiger partial charge in [0.25, 0.3) is 0 Å². The number of carbonyl (C=O) groups is 2. The van der Waals surface area contributed by atoms with Gasteiger partial charge in [-0.25, -0.2) is 0 Å². The topological polar surface area (TPSA) is 53.0 Å². The number of rotatable bonds is 2. The molecule has 0 radical (unpaired) electrons. The summed E-state index contributed by atoms with van der Waals surface area (Å²) in [6.07, 6.45) is 3.54. The number of amides is 2. The predicted molar refractivity (Wildman–Crippen MR) is 106 cm³/mol. The van der Waals surface area contributed by atoms with E-state index in [1.54, 1.807) is 4.90 Å². The van der Waals surface area contributed by atoms with Crippen LogP contribution >= 0.6 is 0 Å². The first kappa shape index (κ1) is 16.2. The number of carbonyl (C=O) groups excluding carboxylic acids is 2. The molecule has 2 amide bonds. The number of para-hydroxylation sites is 3. The monoisotopic (exact) mass is 359 g/mol. The quantitative estimate of drug-likeness (QED) is 0.824. The van der Waals surface area contributed by atoms with Gasteiger partial charge in [0.2, 0.25) is 11.8 Å². The van der Waals surface area contributed by atoms with E-state index in [4.69, 9.17) is 4.99 Å². The number of aliphatic imine (C=N–C) groups is 1. The van der Waals surface area contributed by atoms with Crippen LogP contribution in [0.5, 0.6) is 0 Å². The minimum Gasteiger partial charge on any atom is -0.310 e. The van der Waals surface area contributed by atoms with Gasteiger partial charge >= 0.3 is 0 Å². The summed E-state index contributed by atoms with van der Waals surface area (Å²) in [6, 6.07) is 15.7. The first-order valence-electron chi connectivity index (χ1n) is 9.58. The van der Waals surface area contributed by atoms with Gasteiger partial charge in [-0.05, 0) is 49.4 Å². The minimum atomic E-state index is -0.184. The van der Waals surface area contributed by atoms with Gasteiger partial charge in [-0.15, -0.1) is 0 Å². The van der Waals surface area contributed by atoms with Crippen molar-refractivity contribution >= 4 is 34.6 Å². The summed E-state index contributed by atoms with van der Waals surface area (Å²) in [5, 5.41) is 0. The molecule has 136 valence electrons. The molecule has 1 aliphatic carbocycles. The summed E-state index contributed by atoms with van der Waals surface area (Å²) in [5.41, 5.74) is 4.66. The summed E-state index contributed by atoms with van der Waals surface area (Å²) >= 11 is 0. The Bertz CT molecular complexity index is 966. The lowest BCUT2D eigenvalue weighted by atomic mass is 10.1. The Hall–Kier alpha value is -2.95. The third-order valence-corrected chi connectivity index (χ3v) is 5.81. The fourth-order valence-corrected chi connectivity index (χ4v) is 4.46. The predicted octanol–water partition coefficient (Wildman–Crippen LogP) is 3.50. The van der Waals surface area contributed by atoms with E-state index in [-0.39, 0.29) is 24.3 Å². The van der Waals surface area contributed by atoms with E-state index in [2.05, 4.69) is 6.07 Å². The van der Waals surface area contributed by atoms with Crippen LogP contribution in [-0.4, -0.2) is 30.6 Å². The van der Waals surface area contributed by atoms with Gasteiger partial charge in [-0.3, -0.25) is 14.6 Å². The molecule has 27 heavy (non-hydrogen) atoms. The van der Waals surface area contributed by atoms with Crippen LogP contribution in [0.3, 0.4) is 0 Å². The lowest BCUT2D eigenvalue weighted by molar-refractivity contribution is -0.123. The molecule has 0 N–H and O–H groups in total. The number of benzene rings is 2. The Kier molecular flexibility index (Phi) is 3.81. The Morgan fingerprint density at radius 3 is 2.70 bits per heavy atom. The number of nitrogens with zero attached hydrogens (tertiary/aromatic N) is 3. The van der Waals surface area contributed by atoms with Gasteiger partial charge < -0.3 is 9.80 Å². The lowest BCUT2D eigenvalue weighted by Crippen LogP contribution is -2.45. The third-order valence-electron chi connectivity index (χ3n) is 5.81. The highest BCUT2D eigenvalue weighted by Gasteiger charge is 2.38. The van der Waals surface area contributed by atoms with Crippen molar-refractivity contribution in [3.05, 3.63) is 54.1 Å². The Balaban J connectivity index is 1.48. The molecule has 1 saturated carbocycles. The average Bonchev–Trinajstić information content (AvgIpc) is 3.31. The maximum atomic E-state index is 13.3. The maximum absolute atomic E-state index is 13.3. The molecule has 0 aromatic heterocycles. The smallest absolute Gasteiger partial charge is 0.247 e. The van der Waals surface area contributed by atoms with Crippen molar-refractivity contribution in [1.82, 2.24) is 0 Å². The Morgan fingerprint density at radius 1 is 1.04 bits per heavy atom. The molecule has 2 heterocycles. The van der Waals surface area contributed by atoms with Crippen molar-refractivity contribution in [3.8, 4) is 0 Å². The largest absolute Gasteiger partial charge is 0.310 e. The van der Waals surface area contributed by atoms with Crippen molar-refractivity contribution in [1.29, 1.82) is 0 Å². The van der Waals surface area contributed by atoms with E-state index in [1.807, 2.05) is 47.4 Å². The zero-order valence-corrected chi connectivity index (χ0v) is 15.1.